The van der Waals surface area contributed by atoms with Gasteiger partial charge in [-0.3, -0.25) is 4.99 Å². The highest BCUT2D eigenvalue weighted by Crippen LogP contribution is 2.25. The van der Waals surface area contributed by atoms with Crippen molar-refractivity contribution in [2.45, 2.75) is 6.92 Å². The fourth-order valence-corrected chi connectivity index (χ4v) is 2.68. The molecule has 1 nitrogen and oxygen atoms in total. The Morgan fingerprint density at radius 2 is 1.50 bits per heavy atom. The number of benzene rings is 3. The van der Waals surface area contributed by atoms with E-state index >= 15 is 0 Å². The topological polar surface area (TPSA) is 12.4 Å². The van der Waals surface area contributed by atoms with Crippen LogP contribution in [0.3, 0.4) is 0 Å². The fraction of sp³-hybridized carbons (Fsp3) is 0.105. The monoisotopic (exact) mass is 259 g/mol. The van der Waals surface area contributed by atoms with Crippen LogP contribution < -0.4 is 0 Å². The van der Waals surface area contributed by atoms with Gasteiger partial charge in [0.15, 0.2) is 0 Å². The second-order valence-electron chi connectivity index (χ2n) is 4.92. The van der Waals surface area contributed by atoms with Crippen LogP contribution in [0.15, 0.2) is 71.7 Å². The number of hydrogen-bond donors (Lipinski definition) is 0. The lowest BCUT2D eigenvalue weighted by atomic mass is 9.92. The molecule has 0 bridgehead atoms. The van der Waals surface area contributed by atoms with Crippen LogP contribution in [0, 0.1) is 6.92 Å². The zero-order valence-electron chi connectivity index (χ0n) is 11.8. The van der Waals surface area contributed by atoms with Crippen molar-refractivity contribution >= 4 is 16.5 Å². The predicted octanol–water partition coefficient (Wildman–Crippen LogP) is 4.62. The Hall–Kier alpha value is -2.41. The molecule has 98 valence electrons. The van der Waals surface area contributed by atoms with E-state index in [4.69, 9.17) is 0 Å². The molecule has 0 heterocycles. The van der Waals surface area contributed by atoms with Gasteiger partial charge in [0.2, 0.25) is 0 Å². The van der Waals surface area contributed by atoms with E-state index in [-0.39, 0.29) is 0 Å². The van der Waals surface area contributed by atoms with E-state index in [1.807, 2.05) is 13.1 Å². The number of fused-ring (bicyclic) bond motifs is 1. The largest absolute Gasteiger partial charge is 0.287 e. The SMILES string of the molecule is CN=C(c1ccccc1)c1c(C)ccc2ccccc12. The molecule has 0 N–H and O–H groups in total. The Morgan fingerprint density at radius 1 is 0.800 bits per heavy atom. The van der Waals surface area contributed by atoms with Gasteiger partial charge in [-0.05, 0) is 23.3 Å². The van der Waals surface area contributed by atoms with Crippen molar-refractivity contribution in [3.8, 4) is 0 Å². The molecule has 3 aromatic carbocycles. The average molecular weight is 259 g/mol. The summed E-state index contributed by atoms with van der Waals surface area (Å²) in [5.41, 5.74) is 4.71. The summed E-state index contributed by atoms with van der Waals surface area (Å²) in [5.74, 6) is 0. The smallest absolute Gasteiger partial charge is 0.0724 e. The van der Waals surface area contributed by atoms with E-state index in [0.29, 0.717) is 0 Å². The van der Waals surface area contributed by atoms with Crippen molar-refractivity contribution in [2.24, 2.45) is 4.99 Å². The van der Waals surface area contributed by atoms with Gasteiger partial charge in [0.05, 0.1) is 5.71 Å². The molecule has 20 heavy (non-hydrogen) atoms. The lowest BCUT2D eigenvalue weighted by Crippen LogP contribution is -2.06. The predicted molar refractivity (Wildman–Crippen MR) is 86.7 cm³/mol. The molecular weight excluding hydrogens is 242 g/mol. The van der Waals surface area contributed by atoms with Gasteiger partial charge in [0.1, 0.15) is 0 Å². The van der Waals surface area contributed by atoms with Crippen LogP contribution in [0.1, 0.15) is 16.7 Å². The van der Waals surface area contributed by atoms with Crippen molar-refractivity contribution in [2.75, 3.05) is 7.05 Å². The Kier molecular flexibility index (Phi) is 3.34. The minimum atomic E-state index is 1.06. The Balaban J connectivity index is 2.31. The van der Waals surface area contributed by atoms with Crippen LogP contribution in [0.2, 0.25) is 0 Å². The van der Waals surface area contributed by atoms with Crippen molar-refractivity contribution in [3.05, 3.63) is 83.4 Å². The van der Waals surface area contributed by atoms with Crippen molar-refractivity contribution in [1.29, 1.82) is 0 Å². The van der Waals surface area contributed by atoms with E-state index in [2.05, 4.69) is 72.6 Å². The quantitative estimate of drug-likeness (QED) is 0.596. The molecule has 0 radical (unpaired) electrons. The van der Waals surface area contributed by atoms with Gasteiger partial charge in [-0.1, -0.05) is 66.7 Å². The van der Waals surface area contributed by atoms with E-state index in [1.165, 1.54) is 21.9 Å². The van der Waals surface area contributed by atoms with Crippen molar-refractivity contribution in [3.63, 3.8) is 0 Å². The summed E-state index contributed by atoms with van der Waals surface area (Å²) in [5, 5.41) is 2.52. The molecule has 3 rings (SSSR count). The lowest BCUT2D eigenvalue weighted by Gasteiger charge is -2.13. The third-order valence-corrected chi connectivity index (χ3v) is 3.64. The molecular formula is C19H17N. The highest BCUT2D eigenvalue weighted by Gasteiger charge is 2.12. The zero-order chi connectivity index (χ0) is 13.9. The zero-order valence-corrected chi connectivity index (χ0v) is 11.8. The number of hydrogen-bond acceptors (Lipinski definition) is 1. The van der Waals surface area contributed by atoms with Gasteiger partial charge < -0.3 is 0 Å². The molecule has 0 aliphatic rings. The van der Waals surface area contributed by atoms with Gasteiger partial charge in [-0.15, -0.1) is 0 Å². The number of aliphatic imine (C=N–C) groups is 1. The van der Waals surface area contributed by atoms with Crippen LogP contribution in [0.25, 0.3) is 10.8 Å². The molecule has 0 spiro atoms. The van der Waals surface area contributed by atoms with Crippen LogP contribution >= 0.6 is 0 Å². The molecule has 0 saturated heterocycles. The third kappa shape index (κ3) is 2.12. The van der Waals surface area contributed by atoms with E-state index in [9.17, 15) is 0 Å². The van der Waals surface area contributed by atoms with Crippen LogP contribution in [0.4, 0.5) is 0 Å². The molecule has 0 aliphatic heterocycles. The molecule has 0 amide bonds. The first kappa shape index (κ1) is 12.6. The van der Waals surface area contributed by atoms with Gasteiger partial charge in [-0.2, -0.15) is 0 Å². The minimum absolute atomic E-state index is 1.06. The Labute approximate surface area is 119 Å². The fourth-order valence-electron chi connectivity index (χ4n) is 2.68. The van der Waals surface area contributed by atoms with E-state index in [0.717, 1.165) is 11.3 Å². The van der Waals surface area contributed by atoms with Crippen LogP contribution in [-0.2, 0) is 0 Å². The maximum Gasteiger partial charge on any atom is 0.0724 e. The summed E-state index contributed by atoms with van der Waals surface area (Å²) < 4.78 is 0. The molecule has 0 fully saturated rings. The van der Waals surface area contributed by atoms with E-state index in [1.54, 1.807) is 0 Å². The van der Waals surface area contributed by atoms with Gasteiger partial charge in [0.25, 0.3) is 0 Å². The van der Waals surface area contributed by atoms with Crippen LogP contribution in [0.5, 0.6) is 0 Å². The molecule has 1 heteroatoms. The highest BCUT2D eigenvalue weighted by atomic mass is 14.7. The molecule has 3 aromatic rings. The average Bonchev–Trinajstić information content (AvgIpc) is 2.51. The summed E-state index contributed by atoms with van der Waals surface area (Å²) in [7, 11) is 1.86. The van der Waals surface area contributed by atoms with Crippen LogP contribution in [-0.4, -0.2) is 12.8 Å². The summed E-state index contributed by atoms with van der Waals surface area (Å²) in [4.78, 5) is 4.56. The molecule has 0 aromatic heterocycles. The number of aryl methyl sites for hydroxylation is 1. The highest BCUT2D eigenvalue weighted by molar-refractivity contribution is 6.20. The summed E-state index contributed by atoms with van der Waals surface area (Å²) >= 11 is 0. The number of rotatable bonds is 2. The number of nitrogens with zero attached hydrogens (tertiary/aromatic N) is 1. The van der Waals surface area contributed by atoms with Gasteiger partial charge in [0, 0.05) is 18.2 Å². The van der Waals surface area contributed by atoms with Crippen molar-refractivity contribution in [1.82, 2.24) is 0 Å². The molecule has 0 saturated carbocycles. The maximum absolute atomic E-state index is 4.56. The Bertz CT molecular complexity index is 770. The standard InChI is InChI=1S/C19H17N/c1-14-12-13-15-8-6-7-11-17(15)18(14)19(20-2)16-9-4-3-5-10-16/h3-13H,1-2H3. The molecule has 0 unspecified atom stereocenters. The maximum atomic E-state index is 4.56. The van der Waals surface area contributed by atoms with Gasteiger partial charge in [-0.25, -0.2) is 0 Å². The third-order valence-electron chi connectivity index (χ3n) is 3.64. The normalized spacial score (nSPS) is 11.8. The Morgan fingerprint density at radius 3 is 2.25 bits per heavy atom. The van der Waals surface area contributed by atoms with Gasteiger partial charge >= 0.3 is 0 Å². The second kappa shape index (κ2) is 5.30. The van der Waals surface area contributed by atoms with E-state index < -0.39 is 0 Å². The lowest BCUT2D eigenvalue weighted by molar-refractivity contribution is 1.39. The first-order chi connectivity index (χ1) is 9.81. The van der Waals surface area contributed by atoms with Crippen molar-refractivity contribution < 1.29 is 0 Å². The molecule has 0 aliphatic carbocycles. The first-order valence-electron chi connectivity index (χ1n) is 6.82. The summed E-state index contributed by atoms with van der Waals surface area (Å²) in [6.45, 7) is 2.15. The second-order valence-corrected chi connectivity index (χ2v) is 4.92. The minimum Gasteiger partial charge on any atom is -0.287 e. The molecule has 0 atom stereocenters. The first-order valence-corrected chi connectivity index (χ1v) is 6.82. The summed E-state index contributed by atoms with van der Waals surface area (Å²) in [6.07, 6.45) is 0. The summed E-state index contributed by atoms with van der Waals surface area (Å²) in [6, 6.07) is 23.2.